The maximum Gasteiger partial charge on any atom is 0.131 e. The van der Waals surface area contributed by atoms with Gasteiger partial charge in [-0.3, -0.25) is 0 Å². The van der Waals surface area contributed by atoms with Gasteiger partial charge < -0.3 is 10.1 Å². The van der Waals surface area contributed by atoms with Crippen molar-refractivity contribution in [1.82, 2.24) is 5.32 Å². The van der Waals surface area contributed by atoms with Crippen molar-refractivity contribution in [3.63, 3.8) is 0 Å². The molecule has 0 spiro atoms. The van der Waals surface area contributed by atoms with Gasteiger partial charge in [-0.15, -0.1) is 0 Å². The predicted molar refractivity (Wildman–Crippen MR) is 52.2 cm³/mol. The van der Waals surface area contributed by atoms with E-state index >= 15 is 0 Å². The van der Waals surface area contributed by atoms with Gasteiger partial charge in [0.1, 0.15) is 6.23 Å². The third-order valence-corrected chi connectivity index (χ3v) is 2.06. The highest BCUT2D eigenvalue weighted by atomic mass is 16.5. The number of ether oxygens (including phenoxy) is 1. The lowest BCUT2D eigenvalue weighted by atomic mass is 10.1. The topological polar surface area (TPSA) is 21.3 Å². The molecule has 2 nitrogen and oxygen atoms in total. The maximum atomic E-state index is 5.48. The van der Waals surface area contributed by atoms with Crippen LogP contribution in [0.1, 0.15) is 5.56 Å². The molecule has 0 aliphatic carbocycles. The van der Waals surface area contributed by atoms with Gasteiger partial charge in [-0.25, -0.2) is 0 Å². The molecule has 2 heteroatoms. The molecule has 1 aromatic carbocycles. The van der Waals surface area contributed by atoms with E-state index in [2.05, 4.69) is 17.4 Å². The van der Waals surface area contributed by atoms with Crippen molar-refractivity contribution in [2.75, 3.05) is 6.61 Å². The summed E-state index contributed by atoms with van der Waals surface area (Å²) < 4.78 is 5.48. The zero-order valence-electron chi connectivity index (χ0n) is 7.44. The molecule has 1 aromatic rings. The minimum absolute atomic E-state index is 0.132. The molecule has 2 rings (SSSR count). The van der Waals surface area contributed by atoms with Crippen LogP contribution in [0.15, 0.2) is 42.6 Å². The van der Waals surface area contributed by atoms with Crippen molar-refractivity contribution in [2.24, 2.45) is 0 Å². The molecule has 68 valence electrons. The average Bonchev–Trinajstić information content (AvgIpc) is 2.21. The zero-order chi connectivity index (χ0) is 8.93. The SMILES string of the molecule is C1=CNC(Cc2ccccc2)OC1. The van der Waals surface area contributed by atoms with E-state index in [0.717, 1.165) is 6.42 Å². The first kappa shape index (κ1) is 8.32. The van der Waals surface area contributed by atoms with E-state index < -0.39 is 0 Å². The number of hydrogen-bond acceptors (Lipinski definition) is 2. The minimum atomic E-state index is 0.132. The summed E-state index contributed by atoms with van der Waals surface area (Å²) in [5.74, 6) is 0. The third kappa shape index (κ3) is 2.33. The number of hydrogen-bond donors (Lipinski definition) is 1. The van der Waals surface area contributed by atoms with Gasteiger partial charge in [0.2, 0.25) is 0 Å². The van der Waals surface area contributed by atoms with E-state index in [-0.39, 0.29) is 6.23 Å². The lowest BCUT2D eigenvalue weighted by Crippen LogP contribution is -2.32. The van der Waals surface area contributed by atoms with E-state index in [1.165, 1.54) is 5.56 Å². The molecule has 0 aromatic heterocycles. The molecular formula is C11H13NO. The molecule has 13 heavy (non-hydrogen) atoms. The van der Waals surface area contributed by atoms with Crippen molar-refractivity contribution in [1.29, 1.82) is 0 Å². The minimum Gasteiger partial charge on any atom is -0.366 e. The van der Waals surface area contributed by atoms with Crippen LogP contribution in [0.3, 0.4) is 0 Å². The van der Waals surface area contributed by atoms with E-state index in [0.29, 0.717) is 6.61 Å². The van der Waals surface area contributed by atoms with E-state index in [9.17, 15) is 0 Å². The Morgan fingerprint density at radius 3 is 2.85 bits per heavy atom. The Labute approximate surface area is 78.2 Å². The van der Waals surface area contributed by atoms with E-state index in [1.807, 2.05) is 30.5 Å². The normalized spacial score (nSPS) is 21.1. The highest BCUT2D eigenvalue weighted by molar-refractivity contribution is 5.15. The van der Waals surface area contributed by atoms with Crippen LogP contribution < -0.4 is 5.32 Å². The van der Waals surface area contributed by atoms with Crippen LogP contribution in [-0.2, 0) is 11.2 Å². The highest BCUT2D eigenvalue weighted by Crippen LogP contribution is 2.05. The second kappa shape index (κ2) is 4.10. The predicted octanol–water partition coefficient (Wildman–Crippen LogP) is 1.69. The largest absolute Gasteiger partial charge is 0.366 e. The first-order valence-electron chi connectivity index (χ1n) is 4.52. The number of rotatable bonds is 2. The Hall–Kier alpha value is -1.28. The summed E-state index contributed by atoms with van der Waals surface area (Å²) in [6.45, 7) is 0.713. The Bertz CT molecular complexity index is 281. The van der Waals surface area contributed by atoms with Gasteiger partial charge in [0.25, 0.3) is 0 Å². The summed E-state index contributed by atoms with van der Waals surface area (Å²) in [7, 11) is 0. The van der Waals surface area contributed by atoms with Gasteiger partial charge in [-0.2, -0.15) is 0 Å². The quantitative estimate of drug-likeness (QED) is 0.738. The molecule has 0 amide bonds. The molecule has 1 aliphatic rings. The molecule has 1 aliphatic heterocycles. The summed E-state index contributed by atoms with van der Waals surface area (Å²) in [5, 5.41) is 3.16. The zero-order valence-corrected chi connectivity index (χ0v) is 7.44. The summed E-state index contributed by atoms with van der Waals surface area (Å²) in [5.41, 5.74) is 1.30. The number of benzene rings is 1. The lowest BCUT2D eigenvalue weighted by molar-refractivity contribution is 0.0496. The summed E-state index contributed by atoms with van der Waals surface area (Å²) >= 11 is 0. The summed E-state index contributed by atoms with van der Waals surface area (Å²) in [6.07, 6.45) is 4.98. The Balaban J connectivity index is 1.94. The highest BCUT2D eigenvalue weighted by Gasteiger charge is 2.08. The molecule has 1 N–H and O–H groups in total. The standard InChI is InChI=1S/C11H13NO/c1-2-5-10(6-3-1)9-11-12-7-4-8-13-11/h1-7,11-12H,8-9H2. The molecule has 1 unspecified atom stereocenters. The fourth-order valence-corrected chi connectivity index (χ4v) is 1.39. The van der Waals surface area contributed by atoms with Crippen LogP contribution in [0.25, 0.3) is 0 Å². The van der Waals surface area contributed by atoms with E-state index in [4.69, 9.17) is 4.74 Å². The van der Waals surface area contributed by atoms with Crippen LogP contribution in [-0.4, -0.2) is 12.8 Å². The molecule has 0 saturated heterocycles. The van der Waals surface area contributed by atoms with Crippen LogP contribution in [0.5, 0.6) is 0 Å². The molecule has 1 atom stereocenters. The molecule has 0 fully saturated rings. The first-order valence-corrected chi connectivity index (χ1v) is 4.52. The van der Waals surface area contributed by atoms with Crippen LogP contribution >= 0.6 is 0 Å². The second-order valence-electron chi connectivity index (χ2n) is 3.08. The number of nitrogens with one attached hydrogen (secondary N) is 1. The van der Waals surface area contributed by atoms with Crippen molar-refractivity contribution < 1.29 is 4.74 Å². The molecule has 0 bridgehead atoms. The molecule has 0 saturated carbocycles. The van der Waals surface area contributed by atoms with Gasteiger partial charge in [-0.05, 0) is 17.8 Å². The molecule has 1 heterocycles. The van der Waals surface area contributed by atoms with Crippen LogP contribution in [0.4, 0.5) is 0 Å². The van der Waals surface area contributed by atoms with Gasteiger partial charge in [0.15, 0.2) is 0 Å². The van der Waals surface area contributed by atoms with Gasteiger partial charge >= 0.3 is 0 Å². The average molecular weight is 175 g/mol. The second-order valence-corrected chi connectivity index (χ2v) is 3.08. The molecular weight excluding hydrogens is 162 g/mol. The lowest BCUT2D eigenvalue weighted by Gasteiger charge is -2.20. The van der Waals surface area contributed by atoms with E-state index in [1.54, 1.807) is 0 Å². The van der Waals surface area contributed by atoms with Crippen molar-refractivity contribution in [3.8, 4) is 0 Å². The van der Waals surface area contributed by atoms with Crippen molar-refractivity contribution >= 4 is 0 Å². The monoisotopic (exact) mass is 175 g/mol. The fraction of sp³-hybridized carbons (Fsp3) is 0.273. The first-order chi connectivity index (χ1) is 6.45. The summed E-state index contributed by atoms with van der Waals surface area (Å²) in [6, 6.07) is 10.4. The van der Waals surface area contributed by atoms with Crippen molar-refractivity contribution in [3.05, 3.63) is 48.2 Å². The Kier molecular flexibility index (Phi) is 2.62. The Morgan fingerprint density at radius 1 is 1.31 bits per heavy atom. The summed E-state index contributed by atoms with van der Waals surface area (Å²) in [4.78, 5) is 0. The maximum absolute atomic E-state index is 5.48. The van der Waals surface area contributed by atoms with Gasteiger partial charge in [-0.1, -0.05) is 30.3 Å². The van der Waals surface area contributed by atoms with Crippen LogP contribution in [0, 0.1) is 0 Å². The fourth-order valence-electron chi connectivity index (χ4n) is 1.39. The van der Waals surface area contributed by atoms with Crippen LogP contribution in [0.2, 0.25) is 0 Å². The van der Waals surface area contributed by atoms with Crippen molar-refractivity contribution in [2.45, 2.75) is 12.6 Å². The Morgan fingerprint density at radius 2 is 2.15 bits per heavy atom. The molecule has 0 radical (unpaired) electrons. The van der Waals surface area contributed by atoms with Gasteiger partial charge in [0.05, 0.1) is 6.61 Å². The van der Waals surface area contributed by atoms with Gasteiger partial charge in [0, 0.05) is 6.42 Å². The smallest absolute Gasteiger partial charge is 0.131 e. The third-order valence-electron chi connectivity index (χ3n) is 2.06.